The molecular formula is C14H18F16NO4P. The van der Waals surface area contributed by atoms with Gasteiger partial charge in [0.25, 0.3) is 0 Å². The molecular weight excluding hydrogens is 581 g/mol. The Hall–Kier alpha value is -1.05. The largest absolute Gasteiger partial charge is 0.466 e. The standard InChI is InChI=1S/C14H15F16N.H3O4P/c1-5(2)31-6(3-9(19,20)13(27,28)11(23,24)7(15)16)4-10(21,22)14(29,30)12(25,26)8(17)18;1-5(2,3)4/h5-8,31H,3-4H2,1-2H3;(H3,1,2,3,4). The van der Waals surface area contributed by atoms with Gasteiger partial charge in [0.2, 0.25) is 0 Å². The molecule has 0 aromatic rings. The normalized spacial score (nSPS) is 15.1. The Kier molecular flexibility index (Phi) is 12.1. The molecule has 0 fully saturated rings. The van der Waals surface area contributed by atoms with E-state index in [0.29, 0.717) is 0 Å². The fraction of sp³-hybridized carbons (Fsp3) is 1.00. The van der Waals surface area contributed by atoms with E-state index in [1.807, 2.05) is 0 Å². The highest BCUT2D eigenvalue weighted by atomic mass is 31.2. The van der Waals surface area contributed by atoms with Gasteiger partial charge in [-0.05, 0) is 0 Å². The molecule has 0 amide bonds. The summed E-state index contributed by atoms with van der Waals surface area (Å²) in [5.41, 5.74) is 0. The van der Waals surface area contributed by atoms with Crippen LogP contribution in [0.5, 0.6) is 0 Å². The number of hydrogen-bond donors (Lipinski definition) is 4. The molecule has 22 heteroatoms. The van der Waals surface area contributed by atoms with Crippen LogP contribution in [0, 0.1) is 0 Å². The Morgan fingerprint density at radius 1 is 0.639 bits per heavy atom. The third-order valence-corrected chi connectivity index (χ3v) is 3.88. The number of nitrogens with one attached hydrogen (secondary N) is 1. The molecule has 0 saturated carbocycles. The minimum Gasteiger partial charge on any atom is -0.311 e. The summed E-state index contributed by atoms with van der Waals surface area (Å²) in [5.74, 6) is -39.7. The average Bonchev–Trinajstić information content (AvgIpc) is 2.57. The minimum absolute atomic E-state index is 0.904. The van der Waals surface area contributed by atoms with Gasteiger partial charge >= 0.3 is 56.2 Å². The van der Waals surface area contributed by atoms with Crippen molar-refractivity contribution in [1.82, 2.24) is 5.32 Å². The topological polar surface area (TPSA) is 89.8 Å². The third kappa shape index (κ3) is 9.05. The van der Waals surface area contributed by atoms with Crippen LogP contribution < -0.4 is 5.32 Å². The monoisotopic (exact) mass is 599 g/mol. The Balaban J connectivity index is 0. The van der Waals surface area contributed by atoms with E-state index >= 15 is 0 Å². The summed E-state index contributed by atoms with van der Waals surface area (Å²) in [5, 5.41) is 1.51. The van der Waals surface area contributed by atoms with Gasteiger partial charge in [-0.25, -0.2) is 22.1 Å². The molecule has 0 radical (unpaired) electrons. The van der Waals surface area contributed by atoms with Crippen LogP contribution in [0.1, 0.15) is 26.7 Å². The molecule has 0 heterocycles. The van der Waals surface area contributed by atoms with E-state index in [1.54, 1.807) is 0 Å². The van der Waals surface area contributed by atoms with Crippen LogP contribution in [0.4, 0.5) is 70.2 Å². The second-order valence-corrected chi connectivity index (χ2v) is 8.37. The summed E-state index contributed by atoms with van der Waals surface area (Å²) in [6, 6.07) is -4.44. The second-order valence-electron chi connectivity index (χ2n) is 7.34. The fourth-order valence-electron chi connectivity index (χ4n) is 2.30. The number of rotatable bonds is 12. The summed E-state index contributed by atoms with van der Waals surface area (Å²) in [6.07, 6.45) is -16.6. The smallest absolute Gasteiger partial charge is 0.311 e. The SMILES string of the molecule is CC(C)NC(CC(F)(F)C(F)(F)C(F)(F)C(F)F)CC(F)(F)C(F)(F)C(F)(F)C(F)F.O=P(O)(O)O. The molecule has 0 saturated heterocycles. The van der Waals surface area contributed by atoms with E-state index in [2.05, 4.69) is 0 Å². The van der Waals surface area contributed by atoms with E-state index in [-0.39, 0.29) is 0 Å². The Labute approximate surface area is 191 Å². The molecule has 0 aromatic carbocycles. The average molecular weight is 599 g/mol. The van der Waals surface area contributed by atoms with Gasteiger partial charge in [-0.3, -0.25) is 0 Å². The fourth-order valence-corrected chi connectivity index (χ4v) is 2.30. The van der Waals surface area contributed by atoms with Gasteiger partial charge in [-0.15, -0.1) is 0 Å². The zero-order chi connectivity index (χ0) is 29.9. The molecule has 0 aliphatic carbocycles. The lowest BCUT2D eigenvalue weighted by Crippen LogP contribution is -2.61. The molecule has 0 aromatic heterocycles. The maximum atomic E-state index is 13.7. The molecule has 220 valence electrons. The van der Waals surface area contributed by atoms with E-state index in [1.165, 1.54) is 5.32 Å². The number of alkyl halides is 16. The number of halogens is 16. The van der Waals surface area contributed by atoms with Crippen molar-refractivity contribution in [3.05, 3.63) is 0 Å². The molecule has 0 unspecified atom stereocenters. The quantitative estimate of drug-likeness (QED) is 0.175. The zero-order valence-corrected chi connectivity index (χ0v) is 18.4. The maximum Gasteiger partial charge on any atom is 0.466 e. The van der Waals surface area contributed by atoms with E-state index in [4.69, 9.17) is 19.2 Å². The summed E-state index contributed by atoms with van der Waals surface area (Å²) in [4.78, 5) is 21.6. The van der Waals surface area contributed by atoms with Crippen molar-refractivity contribution in [2.75, 3.05) is 0 Å². The molecule has 0 atom stereocenters. The lowest BCUT2D eigenvalue weighted by atomic mass is 9.91. The van der Waals surface area contributed by atoms with Crippen LogP contribution in [-0.2, 0) is 4.57 Å². The second kappa shape index (κ2) is 11.8. The Bertz CT molecular complexity index is 688. The van der Waals surface area contributed by atoms with Crippen LogP contribution >= 0.6 is 7.82 Å². The summed E-state index contributed by atoms with van der Waals surface area (Å²) in [6.45, 7) is 1.81. The Morgan fingerprint density at radius 3 is 1.03 bits per heavy atom. The molecule has 5 nitrogen and oxygen atoms in total. The molecule has 0 bridgehead atoms. The van der Waals surface area contributed by atoms with Gasteiger partial charge in [-0.2, -0.15) is 52.7 Å². The van der Waals surface area contributed by atoms with Crippen molar-refractivity contribution in [3.8, 4) is 0 Å². The van der Waals surface area contributed by atoms with Crippen molar-refractivity contribution in [2.45, 2.75) is 87.2 Å². The first-order chi connectivity index (χ1) is 15.4. The zero-order valence-electron chi connectivity index (χ0n) is 17.5. The molecule has 0 spiro atoms. The van der Waals surface area contributed by atoms with Gasteiger partial charge in [0, 0.05) is 24.9 Å². The lowest BCUT2D eigenvalue weighted by Gasteiger charge is -2.37. The van der Waals surface area contributed by atoms with Crippen LogP contribution in [-0.4, -0.2) is 75.1 Å². The first kappa shape index (κ1) is 37.1. The highest BCUT2D eigenvalue weighted by molar-refractivity contribution is 7.45. The van der Waals surface area contributed by atoms with Crippen molar-refractivity contribution < 1.29 is 89.5 Å². The molecule has 36 heavy (non-hydrogen) atoms. The van der Waals surface area contributed by atoms with Gasteiger partial charge in [0.15, 0.2) is 0 Å². The highest BCUT2D eigenvalue weighted by Gasteiger charge is 2.77. The summed E-state index contributed by atoms with van der Waals surface area (Å²) >= 11 is 0. The molecule has 0 aliphatic rings. The van der Waals surface area contributed by atoms with Crippen molar-refractivity contribution in [3.63, 3.8) is 0 Å². The minimum atomic E-state index is -6.89. The summed E-state index contributed by atoms with van der Waals surface area (Å²) < 4.78 is 217. The van der Waals surface area contributed by atoms with Gasteiger partial charge in [0.1, 0.15) is 0 Å². The first-order valence-electron chi connectivity index (χ1n) is 8.76. The third-order valence-electron chi connectivity index (χ3n) is 3.88. The lowest BCUT2D eigenvalue weighted by molar-refractivity contribution is -0.347. The predicted octanol–water partition coefficient (Wildman–Crippen LogP) is 5.55. The van der Waals surface area contributed by atoms with Crippen molar-refractivity contribution in [1.29, 1.82) is 0 Å². The van der Waals surface area contributed by atoms with Crippen LogP contribution in [0.25, 0.3) is 0 Å². The maximum absolute atomic E-state index is 13.7. The molecule has 4 N–H and O–H groups in total. The van der Waals surface area contributed by atoms with Crippen LogP contribution in [0.3, 0.4) is 0 Å². The van der Waals surface area contributed by atoms with Crippen molar-refractivity contribution in [2.24, 2.45) is 0 Å². The highest BCUT2D eigenvalue weighted by Crippen LogP contribution is 2.53. The first-order valence-corrected chi connectivity index (χ1v) is 10.3. The van der Waals surface area contributed by atoms with E-state index < -0.39 is 81.1 Å². The van der Waals surface area contributed by atoms with Crippen LogP contribution in [0.15, 0.2) is 0 Å². The van der Waals surface area contributed by atoms with Crippen molar-refractivity contribution >= 4 is 7.82 Å². The van der Waals surface area contributed by atoms with E-state index in [9.17, 15) is 70.2 Å². The molecule has 0 rings (SSSR count). The Morgan fingerprint density at radius 2 is 0.861 bits per heavy atom. The van der Waals surface area contributed by atoms with Gasteiger partial charge in [-0.1, -0.05) is 13.8 Å². The predicted molar refractivity (Wildman–Crippen MR) is 87.2 cm³/mol. The van der Waals surface area contributed by atoms with Crippen LogP contribution in [0.2, 0.25) is 0 Å². The van der Waals surface area contributed by atoms with Gasteiger partial charge < -0.3 is 20.0 Å². The van der Waals surface area contributed by atoms with E-state index in [0.717, 1.165) is 13.8 Å². The summed E-state index contributed by atoms with van der Waals surface area (Å²) in [7, 11) is -4.64. The number of phosphoric acid groups is 1. The molecule has 0 aliphatic heterocycles. The van der Waals surface area contributed by atoms with Gasteiger partial charge in [0.05, 0.1) is 0 Å². The number of hydrogen-bond acceptors (Lipinski definition) is 2.